The second-order valence-electron chi connectivity index (χ2n) is 7.20. The summed E-state index contributed by atoms with van der Waals surface area (Å²) >= 11 is 1.65. The predicted molar refractivity (Wildman–Crippen MR) is 119 cm³/mol. The summed E-state index contributed by atoms with van der Waals surface area (Å²) in [6.45, 7) is 5.17. The summed E-state index contributed by atoms with van der Waals surface area (Å²) in [5.41, 5.74) is 4.05. The van der Waals surface area contributed by atoms with Gasteiger partial charge in [0.25, 0.3) is 0 Å². The Balaban J connectivity index is 1.49. The average Bonchev–Trinajstić information content (AvgIpc) is 3.32. The Bertz CT molecular complexity index is 983. The lowest BCUT2D eigenvalue weighted by atomic mass is 10.2. The van der Waals surface area contributed by atoms with Crippen molar-refractivity contribution in [2.75, 3.05) is 20.1 Å². The molecule has 0 spiro atoms. The van der Waals surface area contributed by atoms with E-state index in [0.29, 0.717) is 13.1 Å². The fourth-order valence-electron chi connectivity index (χ4n) is 3.26. The van der Waals surface area contributed by atoms with Crippen molar-refractivity contribution < 1.29 is 9.59 Å². The Kier molecular flexibility index (Phi) is 7.37. The molecule has 0 unspecified atom stereocenters. The van der Waals surface area contributed by atoms with Crippen LogP contribution in [0.15, 0.2) is 47.8 Å². The average molecular weight is 426 g/mol. The number of rotatable bonds is 8. The third-order valence-corrected chi connectivity index (χ3v) is 5.71. The lowest BCUT2D eigenvalue weighted by Gasteiger charge is -2.16. The first-order valence-corrected chi connectivity index (χ1v) is 10.7. The van der Waals surface area contributed by atoms with Gasteiger partial charge in [0.2, 0.25) is 5.91 Å². The number of amides is 3. The van der Waals surface area contributed by atoms with E-state index >= 15 is 0 Å². The van der Waals surface area contributed by atoms with Gasteiger partial charge in [-0.2, -0.15) is 5.10 Å². The minimum absolute atomic E-state index is 0.119. The number of hydrogen-bond donors (Lipinski definition) is 2. The quantitative estimate of drug-likeness (QED) is 0.581. The van der Waals surface area contributed by atoms with Crippen molar-refractivity contribution in [3.8, 4) is 5.69 Å². The molecule has 0 aliphatic carbocycles. The third-order valence-electron chi connectivity index (χ3n) is 4.77. The van der Waals surface area contributed by atoms with Gasteiger partial charge in [-0.1, -0.05) is 24.3 Å². The lowest BCUT2D eigenvalue weighted by Crippen LogP contribution is -2.44. The molecule has 3 aromatic rings. The van der Waals surface area contributed by atoms with E-state index < -0.39 is 6.03 Å². The number of aromatic nitrogens is 2. The van der Waals surface area contributed by atoms with Crippen molar-refractivity contribution in [1.82, 2.24) is 25.3 Å². The number of likely N-dealkylation sites (N-methyl/N-ethyl adjacent to an activating group) is 1. The minimum Gasteiger partial charge on any atom is -0.337 e. The molecule has 158 valence electrons. The SMILES string of the molecule is Cc1nn(-c2ccccc2)c(C)c1CN(C)CC(=O)NC(=O)NCCc1cccs1. The number of aryl methyl sites for hydroxylation is 1. The highest BCUT2D eigenvalue weighted by Gasteiger charge is 2.16. The standard InChI is InChI=1S/C22H27N5O2S/c1-16-20(17(2)27(25-16)18-8-5-4-6-9-18)14-26(3)15-21(28)24-22(29)23-12-11-19-10-7-13-30-19/h4-10,13H,11-12,14-15H2,1-3H3,(H2,23,24,28,29). The van der Waals surface area contributed by atoms with Crippen LogP contribution in [0.25, 0.3) is 5.69 Å². The van der Waals surface area contributed by atoms with Crippen molar-refractivity contribution in [3.05, 3.63) is 69.7 Å². The summed E-state index contributed by atoms with van der Waals surface area (Å²) in [6, 6.07) is 13.5. The number of nitrogens with zero attached hydrogens (tertiary/aromatic N) is 3. The smallest absolute Gasteiger partial charge is 0.321 e. The maximum absolute atomic E-state index is 12.2. The van der Waals surface area contributed by atoms with Gasteiger partial charge in [0, 0.05) is 29.2 Å². The molecule has 0 bridgehead atoms. The molecule has 2 heterocycles. The number of carbonyl (C=O) groups is 2. The molecular weight excluding hydrogens is 398 g/mol. The van der Waals surface area contributed by atoms with Crippen LogP contribution in [-0.4, -0.2) is 46.8 Å². The Morgan fingerprint density at radius 2 is 1.90 bits per heavy atom. The maximum atomic E-state index is 12.2. The first-order valence-electron chi connectivity index (χ1n) is 9.83. The molecule has 0 aliphatic heterocycles. The van der Waals surface area contributed by atoms with Crippen LogP contribution in [0.3, 0.4) is 0 Å². The van der Waals surface area contributed by atoms with Crippen LogP contribution < -0.4 is 10.6 Å². The van der Waals surface area contributed by atoms with Crippen molar-refractivity contribution in [3.63, 3.8) is 0 Å². The van der Waals surface area contributed by atoms with Gasteiger partial charge in [-0.15, -0.1) is 11.3 Å². The first kappa shape index (κ1) is 21.7. The number of urea groups is 1. The molecule has 7 nitrogen and oxygen atoms in total. The van der Waals surface area contributed by atoms with Crippen molar-refractivity contribution in [2.45, 2.75) is 26.8 Å². The molecule has 0 saturated carbocycles. The highest BCUT2D eigenvalue weighted by molar-refractivity contribution is 7.09. The minimum atomic E-state index is -0.464. The molecule has 0 saturated heterocycles. The van der Waals surface area contributed by atoms with Crippen LogP contribution in [0.5, 0.6) is 0 Å². The number of para-hydroxylation sites is 1. The zero-order chi connectivity index (χ0) is 21.5. The first-order chi connectivity index (χ1) is 14.4. The molecule has 2 N–H and O–H groups in total. The molecular formula is C22H27N5O2S. The molecule has 3 rings (SSSR count). The van der Waals surface area contributed by atoms with Crippen LogP contribution in [-0.2, 0) is 17.8 Å². The van der Waals surface area contributed by atoms with E-state index in [9.17, 15) is 9.59 Å². The molecule has 0 atom stereocenters. The van der Waals surface area contributed by atoms with E-state index in [0.717, 1.165) is 29.1 Å². The Morgan fingerprint density at radius 1 is 1.13 bits per heavy atom. The second kappa shape index (κ2) is 10.2. The van der Waals surface area contributed by atoms with Gasteiger partial charge < -0.3 is 5.32 Å². The van der Waals surface area contributed by atoms with Crippen LogP contribution in [0.2, 0.25) is 0 Å². The van der Waals surface area contributed by atoms with Gasteiger partial charge in [0.05, 0.1) is 17.9 Å². The van der Waals surface area contributed by atoms with Crippen LogP contribution in [0.1, 0.15) is 21.8 Å². The fraction of sp³-hybridized carbons (Fsp3) is 0.318. The highest BCUT2D eigenvalue weighted by Crippen LogP contribution is 2.19. The Labute approximate surface area is 180 Å². The second-order valence-corrected chi connectivity index (χ2v) is 8.23. The largest absolute Gasteiger partial charge is 0.337 e. The highest BCUT2D eigenvalue weighted by atomic mass is 32.1. The number of benzene rings is 1. The van der Waals surface area contributed by atoms with Crippen LogP contribution in [0, 0.1) is 13.8 Å². The topological polar surface area (TPSA) is 79.3 Å². The molecule has 2 aromatic heterocycles. The van der Waals surface area contributed by atoms with Gasteiger partial charge in [-0.05, 0) is 50.9 Å². The lowest BCUT2D eigenvalue weighted by molar-refractivity contribution is -0.120. The monoisotopic (exact) mass is 425 g/mol. The van der Waals surface area contributed by atoms with E-state index in [4.69, 9.17) is 0 Å². The molecule has 0 aliphatic rings. The molecule has 3 amide bonds. The number of carbonyl (C=O) groups excluding carboxylic acids is 2. The molecule has 0 radical (unpaired) electrons. The molecule has 1 aromatic carbocycles. The molecule has 30 heavy (non-hydrogen) atoms. The summed E-state index contributed by atoms with van der Waals surface area (Å²) in [4.78, 5) is 27.2. The van der Waals surface area contributed by atoms with Crippen LogP contribution in [0.4, 0.5) is 4.79 Å². The van der Waals surface area contributed by atoms with Crippen LogP contribution >= 0.6 is 11.3 Å². The third kappa shape index (κ3) is 5.77. The molecule has 0 fully saturated rings. The van der Waals surface area contributed by atoms with E-state index in [2.05, 4.69) is 15.7 Å². The number of thiophene rings is 1. The van der Waals surface area contributed by atoms with Gasteiger partial charge in [-0.3, -0.25) is 15.0 Å². The Morgan fingerprint density at radius 3 is 2.60 bits per heavy atom. The van der Waals surface area contributed by atoms with Gasteiger partial charge in [0.1, 0.15) is 0 Å². The van der Waals surface area contributed by atoms with Gasteiger partial charge >= 0.3 is 6.03 Å². The zero-order valence-corrected chi connectivity index (χ0v) is 18.3. The number of hydrogen-bond acceptors (Lipinski definition) is 5. The van der Waals surface area contributed by atoms with Gasteiger partial charge in [-0.25, -0.2) is 9.48 Å². The summed E-state index contributed by atoms with van der Waals surface area (Å²) in [5, 5.41) is 11.8. The van der Waals surface area contributed by atoms with E-state index in [1.165, 1.54) is 4.88 Å². The predicted octanol–water partition coefficient (Wildman–Crippen LogP) is 3.05. The van der Waals surface area contributed by atoms with Crippen molar-refractivity contribution in [2.24, 2.45) is 0 Å². The van der Waals surface area contributed by atoms with E-state index in [1.54, 1.807) is 11.3 Å². The number of nitrogens with one attached hydrogen (secondary N) is 2. The summed E-state index contributed by atoms with van der Waals surface area (Å²) < 4.78 is 1.92. The zero-order valence-electron chi connectivity index (χ0n) is 17.5. The number of imide groups is 1. The summed E-state index contributed by atoms with van der Waals surface area (Å²) in [6.07, 6.45) is 0.753. The fourth-order valence-corrected chi connectivity index (χ4v) is 3.97. The van der Waals surface area contributed by atoms with Crippen molar-refractivity contribution in [1.29, 1.82) is 0 Å². The Hall–Kier alpha value is -2.97. The summed E-state index contributed by atoms with van der Waals surface area (Å²) in [5.74, 6) is -0.336. The maximum Gasteiger partial charge on any atom is 0.321 e. The van der Waals surface area contributed by atoms with Crippen molar-refractivity contribution >= 4 is 23.3 Å². The van der Waals surface area contributed by atoms with E-state index in [1.807, 2.05) is 78.3 Å². The molecule has 8 heteroatoms. The summed E-state index contributed by atoms with van der Waals surface area (Å²) in [7, 11) is 1.85. The normalized spacial score (nSPS) is 10.9. The van der Waals surface area contributed by atoms with E-state index in [-0.39, 0.29) is 12.5 Å². The van der Waals surface area contributed by atoms with Gasteiger partial charge in [0.15, 0.2) is 0 Å².